The van der Waals surface area contributed by atoms with Crippen LogP contribution in [0.15, 0.2) is 30.3 Å². The lowest BCUT2D eigenvalue weighted by Gasteiger charge is -2.30. The van der Waals surface area contributed by atoms with Gasteiger partial charge in [-0.25, -0.2) is 13.2 Å². The van der Waals surface area contributed by atoms with Gasteiger partial charge in [0, 0.05) is 29.3 Å². The van der Waals surface area contributed by atoms with E-state index in [0.717, 1.165) is 12.1 Å². The van der Waals surface area contributed by atoms with Crippen molar-refractivity contribution in [1.29, 1.82) is 0 Å². The van der Waals surface area contributed by atoms with E-state index in [0.29, 0.717) is 11.6 Å². The number of rotatable bonds is 2. The quantitative estimate of drug-likeness (QED) is 0.700. The molecule has 3 nitrogen and oxygen atoms in total. The SMILES string of the molecule is Cc1ccc(Oc2cc(F)cc(F)c2)c2c1C1(OCCO1)C(F)(F)C2F. The minimum Gasteiger partial charge on any atom is -0.457 e. The van der Waals surface area contributed by atoms with E-state index in [2.05, 4.69) is 0 Å². The summed E-state index contributed by atoms with van der Waals surface area (Å²) in [5.41, 5.74) is -0.261. The first-order chi connectivity index (χ1) is 12.3. The number of hydrogen-bond acceptors (Lipinski definition) is 3. The zero-order chi connectivity index (χ0) is 18.7. The Morgan fingerprint density at radius 3 is 2.27 bits per heavy atom. The molecule has 138 valence electrons. The Bertz CT molecular complexity index is 857. The van der Waals surface area contributed by atoms with Crippen LogP contribution in [0.5, 0.6) is 11.5 Å². The van der Waals surface area contributed by atoms with E-state index in [1.165, 1.54) is 19.1 Å². The summed E-state index contributed by atoms with van der Waals surface area (Å²) < 4.78 is 86.5. The molecule has 2 aliphatic rings. The smallest absolute Gasteiger partial charge is 0.340 e. The van der Waals surface area contributed by atoms with Crippen LogP contribution in [0.4, 0.5) is 22.0 Å². The van der Waals surface area contributed by atoms with Crippen LogP contribution in [-0.4, -0.2) is 19.1 Å². The summed E-state index contributed by atoms with van der Waals surface area (Å²) in [4.78, 5) is 0. The molecule has 2 aromatic rings. The lowest BCUT2D eigenvalue weighted by atomic mass is 9.99. The standard InChI is InChI=1S/C18H13F5O3/c1-9-2-3-13(26-12-7-10(19)6-11(20)8-12)14-15(9)18(24-4-5-25-18)17(22,23)16(14)21/h2-3,6-8,16H,4-5H2,1H3. The van der Waals surface area contributed by atoms with Gasteiger partial charge in [-0.15, -0.1) is 0 Å². The van der Waals surface area contributed by atoms with Crippen molar-refractivity contribution >= 4 is 0 Å². The van der Waals surface area contributed by atoms with Gasteiger partial charge in [-0.2, -0.15) is 8.78 Å². The molecule has 1 atom stereocenters. The first-order valence-corrected chi connectivity index (χ1v) is 7.84. The van der Waals surface area contributed by atoms with Gasteiger partial charge in [-0.05, 0) is 18.6 Å². The Labute approximate surface area is 145 Å². The molecule has 0 N–H and O–H groups in total. The zero-order valence-corrected chi connectivity index (χ0v) is 13.5. The molecule has 0 amide bonds. The van der Waals surface area contributed by atoms with Crippen molar-refractivity contribution in [1.82, 2.24) is 0 Å². The second kappa shape index (κ2) is 5.65. The van der Waals surface area contributed by atoms with Gasteiger partial charge in [0.2, 0.25) is 0 Å². The van der Waals surface area contributed by atoms with Crippen LogP contribution in [0, 0.1) is 18.6 Å². The average molecular weight is 372 g/mol. The maximum Gasteiger partial charge on any atom is 0.340 e. The lowest BCUT2D eigenvalue weighted by molar-refractivity contribution is -0.307. The summed E-state index contributed by atoms with van der Waals surface area (Å²) >= 11 is 0. The van der Waals surface area contributed by atoms with E-state index in [9.17, 15) is 22.0 Å². The van der Waals surface area contributed by atoms with Crippen LogP contribution in [0.3, 0.4) is 0 Å². The molecule has 1 heterocycles. The van der Waals surface area contributed by atoms with Crippen LogP contribution in [0.25, 0.3) is 0 Å². The number of halogens is 5. The zero-order valence-electron chi connectivity index (χ0n) is 13.5. The summed E-state index contributed by atoms with van der Waals surface area (Å²) in [6, 6.07) is 5.08. The van der Waals surface area contributed by atoms with E-state index in [1.54, 1.807) is 0 Å². The Morgan fingerprint density at radius 1 is 1.04 bits per heavy atom. The molecule has 0 saturated carbocycles. The fourth-order valence-electron chi connectivity index (χ4n) is 3.47. The van der Waals surface area contributed by atoms with Gasteiger partial charge in [0.15, 0.2) is 6.17 Å². The average Bonchev–Trinajstić information content (AvgIpc) is 3.10. The maximum atomic E-state index is 14.8. The van der Waals surface area contributed by atoms with E-state index < -0.39 is 35.1 Å². The second-order valence-corrected chi connectivity index (χ2v) is 6.18. The molecule has 0 radical (unpaired) electrons. The van der Waals surface area contributed by atoms with Crippen LogP contribution in [0.1, 0.15) is 22.9 Å². The Hall–Kier alpha value is -2.19. The van der Waals surface area contributed by atoms with Crippen LogP contribution < -0.4 is 4.74 Å². The van der Waals surface area contributed by atoms with Gasteiger partial charge >= 0.3 is 5.92 Å². The molecular weight excluding hydrogens is 359 g/mol. The molecule has 0 bridgehead atoms. The van der Waals surface area contributed by atoms with Crippen molar-refractivity contribution < 1.29 is 36.2 Å². The molecule has 1 fully saturated rings. The highest BCUT2D eigenvalue weighted by molar-refractivity contribution is 5.55. The van der Waals surface area contributed by atoms with Crippen molar-refractivity contribution in [2.75, 3.05) is 13.2 Å². The van der Waals surface area contributed by atoms with Gasteiger partial charge in [0.1, 0.15) is 23.1 Å². The summed E-state index contributed by atoms with van der Waals surface area (Å²) in [5.74, 6) is -8.89. The van der Waals surface area contributed by atoms with Gasteiger partial charge in [-0.3, -0.25) is 0 Å². The predicted octanol–water partition coefficient (Wildman–Crippen LogP) is 4.92. The van der Waals surface area contributed by atoms with Crippen LogP contribution >= 0.6 is 0 Å². The summed E-state index contributed by atoms with van der Waals surface area (Å²) in [6.07, 6.45) is -2.76. The molecule has 26 heavy (non-hydrogen) atoms. The Morgan fingerprint density at radius 2 is 1.65 bits per heavy atom. The monoisotopic (exact) mass is 372 g/mol. The first kappa shape index (κ1) is 17.2. The van der Waals surface area contributed by atoms with E-state index in [-0.39, 0.29) is 30.3 Å². The molecule has 1 unspecified atom stereocenters. The number of aryl methyl sites for hydroxylation is 1. The summed E-state index contributed by atoms with van der Waals surface area (Å²) in [6.45, 7) is 1.30. The Balaban J connectivity index is 1.87. The third kappa shape index (κ3) is 2.25. The number of benzene rings is 2. The molecule has 1 aliphatic carbocycles. The van der Waals surface area contributed by atoms with Crippen LogP contribution in [-0.2, 0) is 15.3 Å². The number of alkyl halides is 3. The van der Waals surface area contributed by atoms with E-state index in [4.69, 9.17) is 14.2 Å². The van der Waals surface area contributed by atoms with Crippen molar-refractivity contribution in [2.24, 2.45) is 0 Å². The summed E-state index contributed by atoms with van der Waals surface area (Å²) in [5, 5.41) is 0. The minimum atomic E-state index is -3.98. The molecule has 4 rings (SSSR count). The Kier molecular flexibility index (Phi) is 3.75. The highest BCUT2D eigenvalue weighted by Crippen LogP contribution is 2.62. The van der Waals surface area contributed by atoms with Gasteiger partial charge < -0.3 is 14.2 Å². The van der Waals surface area contributed by atoms with Crippen molar-refractivity contribution in [3.05, 3.63) is 58.7 Å². The number of hydrogen-bond donors (Lipinski definition) is 0. The fraction of sp³-hybridized carbons (Fsp3) is 0.333. The molecule has 1 saturated heterocycles. The molecule has 2 aromatic carbocycles. The highest BCUT2D eigenvalue weighted by atomic mass is 19.3. The second-order valence-electron chi connectivity index (χ2n) is 6.18. The third-order valence-electron chi connectivity index (χ3n) is 4.51. The molecule has 8 heteroatoms. The number of fused-ring (bicyclic) bond motifs is 2. The lowest BCUT2D eigenvalue weighted by Crippen LogP contribution is -2.44. The number of ether oxygens (including phenoxy) is 3. The predicted molar refractivity (Wildman–Crippen MR) is 80.0 cm³/mol. The highest BCUT2D eigenvalue weighted by Gasteiger charge is 2.72. The van der Waals surface area contributed by atoms with Gasteiger partial charge in [0.05, 0.1) is 13.2 Å². The molecule has 0 aromatic heterocycles. The third-order valence-corrected chi connectivity index (χ3v) is 4.51. The topological polar surface area (TPSA) is 27.7 Å². The minimum absolute atomic E-state index is 0.110. The molecule has 1 spiro atoms. The molecular formula is C18H13F5O3. The summed E-state index contributed by atoms with van der Waals surface area (Å²) in [7, 11) is 0. The van der Waals surface area contributed by atoms with Gasteiger partial charge in [-0.1, -0.05) is 6.07 Å². The normalized spacial score (nSPS) is 22.6. The van der Waals surface area contributed by atoms with E-state index in [1.807, 2.05) is 0 Å². The van der Waals surface area contributed by atoms with E-state index >= 15 is 0 Å². The first-order valence-electron chi connectivity index (χ1n) is 7.84. The van der Waals surface area contributed by atoms with Crippen molar-refractivity contribution in [3.63, 3.8) is 0 Å². The van der Waals surface area contributed by atoms with Crippen molar-refractivity contribution in [3.8, 4) is 11.5 Å². The van der Waals surface area contributed by atoms with Crippen molar-refractivity contribution in [2.45, 2.75) is 24.8 Å². The maximum absolute atomic E-state index is 14.8. The molecule has 1 aliphatic heterocycles. The fourth-order valence-corrected chi connectivity index (χ4v) is 3.47. The van der Waals surface area contributed by atoms with Gasteiger partial charge in [0.25, 0.3) is 5.79 Å². The van der Waals surface area contributed by atoms with Crippen LogP contribution in [0.2, 0.25) is 0 Å². The largest absolute Gasteiger partial charge is 0.457 e.